The Kier molecular flexibility index (Phi) is 5.50. The lowest BCUT2D eigenvalue weighted by Crippen LogP contribution is -2.46. The number of ether oxygens (including phenoxy) is 2. The average Bonchev–Trinajstić information content (AvgIpc) is 3.15. The first-order valence-electron chi connectivity index (χ1n) is 8.83. The quantitative estimate of drug-likeness (QED) is 0.701. The highest BCUT2D eigenvalue weighted by Crippen LogP contribution is 2.39. The second-order valence-electron chi connectivity index (χ2n) is 6.63. The molecule has 0 saturated heterocycles. The third-order valence-electron chi connectivity index (χ3n) is 4.83. The molecule has 158 valence electrons. The van der Waals surface area contributed by atoms with Crippen molar-refractivity contribution in [2.45, 2.75) is 6.92 Å². The van der Waals surface area contributed by atoms with Gasteiger partial charge in [0.2, 0.25) is 0 Å². The van der Waals surface area contributed by atoms with E-state index in [2.05, 4.69) is 16.7 Å². The average molecular weight is 416 g/mol. The molecule has 3 rings (SSSR count). The van der Waals surface area contributed by atoms with Crippen LogP contribution in [0.25, 0.3) is 5.70 Å². The molecule has 2 aromatic rings. The molecule has 0 atom stereocenters. The fourth-order valence-corrected chi connectivity index (χ4v) is 3.43. The first kappa shape index (κ1) is 20.9. The van der Waals surface area contributed by atoms with Gasteiger partial charge in [-0.25, -0.2) is 19.0 Å². The van der Waals surface area contributed by atoms with Crippen molar-refractivity contribution in [3.8, 4) is 11.5 Å². The zero-order valence-electron chi connectivity index (χ0n) is 16.9. The van der Waals surface area contributed by atoms with Gasteiger partial charge in [0, 0.05) is 24.7 Å². The monoisotopic (exact) mass is 416 g/mol. The Hall–Kier alpha value is -3.82. The van der Waals surface area contributed by atoms with Gasteiger partial charge in [0.25, 0.3) is 0 Å². The van der Waals surface area contributed by atoms with E-state index in [4.69, 9.17) is 9.47 Å². The fraction of sp³-hybridized carbons (Fsp3) is 0.250. The second kappa shape index (κ2) is 7.90. The topological polar surface area (TPSA) is 107 Å². The number of anilines is 1. The van der Waals surface area contributed by atoms with Crippen molar-refractivity contribution in [1.29, 1.82) is 0 Å². The van der Waals surface area contributed by atoms with Crippen LogP contribution in [0.2, 0.25) is 0 Å². The van der Waals surface area contributed by atoms with Crippen LogP contribution in [-0.2, 0) is 0 Å². The van der Waals surface area contributed by atoms with Gasteiger partial charge in [-0.3, -0.25) is 9.80 Å². The molecule has 2 amide bonds. The van der Waals surface area contributed by atoms with Crippen LogP contribution in [0.3, 0.4) is 0 Å². The molecule has 1 aliphatic heterocycles. The third-order valence-corrected chi connectivity index (χ3v) is 4.83. The van der Waals surface area contributed by atoms with Gasteiger partial charge in [0.05, 0.1) is 32.1 Å². The summed E-state index contributed by atoms with van der Waals surface area (Å²) in [5, 5.41) is 9.26. The van der Waals surface area contributed by atoms with E-state index < -0.39 is 17.8 Å². The number of H-pyrrole nitrogens is 1. The molecule has 0 fully saturated rings. The van der Waals surface area contributed by atoms with Crippen molar-refractivity contribution in [3.63, 3.8) is 0 Å². The summed E-state index contributed by atoms with van der Waals surface area (Å²) >= 11 is 0. The molecule has 2 N–H and O–H groups in total. The van der Waals surface area contributed by atoms with Gasteiger partial charge in [0.1, 0.15) is 17.3 Å². The Labute approximate surface area is 172 Å². The number of nitrogens with one attached hydrogen (secondary N) is 1. The number of carbonyl (C=O) groups is 2. The maximum atomic E-state index is 14.9. The van der Waals surface area contributed by atoms with E-state index in [1.54, 1.807) is 6.92 Å². The Balaban J connectivity index is 2.12. The number of rotatable bonds is 6. The Morgan fingerprint density at radius 1 is 1.30 bits per heavy atom. The number of nitrogens with zero attached hydrogens (tertiary/aromatic N) is 3. The number of carboxylic acids is 1. The number of carboxylic acid groups (broad SMARTS) is 1. The predicted molar refractivity (Wildman–Crippen MR) is 110 cm³/mol. The largest absolute Gasteiger partial charge is 0.497 e. The molecule has 1 aromatic carbocycles. The van der Waals surface area contributed by atoms with Gasteiger partial charge in [-0.1, -0.05) is 0 Å². The molecule has 0 saturated carbocycles. The molecule has 0 unspecified atom stereocenters. The highest BCUT2D eigenvalue weighted by Gasteiger charge is 2.34. The van der Waals surface area contributed by atoms with Crippen LogP contribution < -0.4 is 14.4 Å². The number of hydrogen-bond donors (Lipinski definition) is 2. The Bertz CT molecular complexity index is 1080. The smallest absolute Gasteiger partial charge is 0.352 e. The highest BCUT2D eigenvalue weighted by molar-refractivity contribution is 6.02. The van der Waals surface area contributed by atoms with E-state index in [9.17, 15) is 19.1 Å². The minimum Gasteiger partial charge on any atom is -0.497 e. The van der Waals surface area contributed by atoms with Gasteiger partial charge >= 0.3 is 12.0 Å². The fourth-order valence-electron chi connectivity index (χ4n) is 3.43. The molecule has 1 aliphatic rings. The van der Waals surface area contributed by atoms with Gasteiger partial charge in [-0.05, 0) is 25.3 Å². The molecular weight excluding hydrogens is 395 g/mol. The van der Waals surface area contributed by atoms with Crippen molar-refractivity contribution in [2.24, 2.45) is 4.99 Å². The van der Waals surface area contributed by atoms with Crippen LogP contribution in [0.4, 0.5) is 20.7 Å². The zero-order valence-corrected chi connectivity index (χ0v) is 16.9. The summed E-state index contributed by atoms with van der Waals surface area (Å²) in [7, 11) is 4.27. The maximum absolute atomic E-state index is 14.9. The summed E-state index contributed by atoms with van der Waals surface area (Å²) < 4.78 is 25.2. The molecule has 2 heterocycles. The van der Waals surface area contributed by atoms with Gasteiger partial charge in [0.15, 0.2) is 11.6 Å². The van der Waals surface area contributed by atoms with Crippen LogP contribution in [0.15, 0.2) is 28.8 Å². The molecule has 1 aromatic heterocycles. The molecule has 0 radical (unpaired) electrons. The number of methoxy groups -OCH3 is 2. The minimum atomic E-state index is -1.17. The predicted octanol–water partition coefficient (Wildman–Crippen LogP) is 3.50. The molecule has 10 heteroatoms. The number of benzene rings is 1. The van der Waals surface area contributed by atoms with Gasteiger partial charge < -0.3 is 19.6 Å². The van der Waals surface area contributed by atoms with Crippen LogP contribution in [0.5, 0.6) is 11.5 Å². The number of carbonyl (C=O) groups excluding carboxylic acids is 1. The minimum absolute atomic E-state index is 0.00353. The standard InChI is InChI=1S/C20H21FN4O5/c1-10-9-25(14-6-11(29-4)7-15(30-5)16(14)21)20(28)24(3)17(10)12-8-13(19(26)27)23-18(12)22-2/h6-8,23H,2,9H2,1,3-5H3,(H,26,27). The van der Waals surface area contributed by atoms with E-state index in [1.165, 1.54) is 49.3 Å². The zero-order chi connectivity index (χ0) is 22.2. The number of aliphatic imine (C=N–C) groups is 1. The van der Waals surface area contributed by atoms with E-state index in [0.29, 0.717) is 22.6 Å². The lowest BCUT2D eigenvalue weighted by Gasteiger charge is -2.36. The summed E-state index contributed by atoms with van der Waals surface area (Å²) in [5.74, 6) is -1.35. The van der Waals surface area contributed by atoms with E-state index in [1.807, 2.05) is 0 Å². The number of aromatic carboxylic acids is 1. The second-order valence-corrected chi connectivity index (χ2v) is 6.63. The first-order valence-corrected chi connectivity index (χ1v) is 8.83. The normalized spacial score (nSPS) is 14.2. The molecule has 9 nitrogen and oxygen atoms in total. The number of aromatic nitrogens is 1. The summed E-state index contributed by atoms with van der Waals surface area (Å²) in [5.41, 5.74) is 1.50. The lowest BCUT2D eigenvalue weighted by atomic mass is 10.0. The van der Waals surface area contributed by atoms with Gasteiger partial charge in [-0.2, -0.15) is 0 Å². The summed E-state index contributed by atoms with van der Waals surface area (Å²) in [6.45, 7) is 5.28. The van der Waals surface area contributed by atoms with Crippen molar-refractivity contribution >= 4 is 35.9 Å². The van der Waals surface area contributed by atoms with Crippen LogP contribution in [0, 0.1) is 5.82 Å². The lowest BCUT2D eigenvalue weighted by molar-refractivity contribution is 0.0691. The summed E-state index contributed by atoms with van der Waals surface area (Å²) in [6, 6.07) is 3.68. The first-order chi connectivity index (χ1) is 14.2. The molecule has 0 spiro atoms. The van der Waals surface area contributed by atoms with Crippen LogP contribution in [0.1, 0.15) is 23.0 Å². The van der Waals surface area contributed by atoms with Crippen molar-refractivity contribution in [2.75, 3.05) is 32.7 Å². The number of urea groups is 1. The highest BCUT2D eigenvalue weighted by atomic mass is 19.1. The van der Waals surface area contributed by atoms with Crippen LogP contribution >= 0.6 is 0 Å². The van der Waals surface area contributed by atoms with Gasteiger partial charge in [-0.15, -0.1) is 0 Å². The van der Waals surface area contributed by atoms with E-state index in [0.717, 1.165) is 0 Å². The number of aromatic amines is 1. The molecule has 30 heavy (non-hydrogen) atoms. The SMILES string of the molecule is C=Nc1[nH]c(C(=O)O)cc1C1=C(C)CN(c2cc(OC)cc(OC)c2F)C(=O)N1C. The molecule has 0 bridgehead atoms. The van der Waals surface area contributed by atoms with E-state index >= 15 is 0 Å². The molecule has 0 aliphatic carbocycles. The number of hydrogen-bond acceptors (Lipinski definition) is 5. The summed E-state index contributed by atoms with van der Waals surface area (Å²) in [6.07, 6.45) is 0. The van der Waals surface area contributed by atoms with E-state index in [-0.39, 0.29) is 29.5 Å². The van der Waals surface area contributed by atoms with Crippen molar-refractivity contribution < 1.29 is 28.6 Å². The summed E-state index contributed by atoms with van der Waals surface area (Å²) in [4.78, 5) is 33.5. The number of amides is 2. The Morgan fingerprint density at radius 2 is 2.00 bits per heavy atom. The third kappa shape index (κ3) is 3.36. The maximum Gasteiger partial charge on any atom is 0.352 e. The number of halogens is 1. The van der Waals surface area contributed by atoms with Crippen molar-refractivity contribution in [1.82, 2.24) is 9.88 Å². The Morgan fingerprint density at radius 3 is 2.57 bits per heavy atom. The van der Waals surface area contributed by atoms with Crippen LogP contribution in [-0.4, -0.2) is 61.5 Å². The molecular formula is C20H21FN4O5. The van der Waals surface area contributed by atoms with Crippen molar-refractivity contribution in [3.05, 3.63) is 40.8 Å².